The van der Waals surface area contributed by atoms with Crippen LogP contribution in [0.15, 0.2) is 109 Å². The smallest absolute Gasteiger partial charge is 0.255 e. The van der Waals surface area contributed by atoms with Gasteiger partial charge in [0.15, 0.2) is 0 Å². The summed E-state index contributed by atoms with van der Waals surface area (Å²) in [5, 5.41) is 11.0. The van der Waals surface area contributed by atoms with E-state index in [1.165, 1.54) is 0 Å². The first-order valence-corrected chi connectivity index (χ1v) is 12.0. The van der Waals surface area contributed by atoms with Crippen LogP contribution in [0.3, 0.4) is 0 Å². The minimum absolute atomic E-state index is 0.0551. The monoisotopic (exact) mass is 506 g/mol. The highest BCUT2D eigenvalue weighted by atomic mass is 16.2. The molecule has 0 saturated carbocycles. The van der Waals surface area contributed by atoms with Gasteiger partial charge in [0.25, 0.3) is 11.8 Å². The van der Waals surface area contributed by atoms with Crippen LogP contribution >= 0.6 is 0 Å². The van der Waals surface area contributed by atoms with Gasteiger partial charge in [-0.05, 0) is 60.7 Å². The Morgan fingerprint density at radius 1 is 0.421 bits per heavy atom. The Bertz CT molecular complexity index is 1330. The molecule has 0 aromatic heterocycles. The van der Waals surface area contributed by atoms with Crippen molar-refractivity contribution in [1.29, 1.82) is 0 Å². The zero-order valence-electron chi connectivity index (χ0n) is 20.4. The highest BCUT2D eigenvalue weighted by Gasteiger charge is 2.12. The number of amides is 4. The fourth-order valence-corrected chi connectivity index (χ4v) is 3.60. The molecule has 8 heteroatoms. The summed E-state index contributed by atoms with van der Waals surface area (Å²) in [5.41, 5.74) is 3.02. The number of nitrogens with one attached hydrogen (secondary N) is 4. The molecule has 190 valence electrons. The van der Waals surface area contributed by atoms with E-state index >= 15 is 0 Å². The fraction of sp³-hybridized carbons (Fsp3) is 0.0667. The zero-order chi connectivity index (χ0) is 26.7. The molecule has 8 nitrogen and oxygen atoms in total. The van der Waals surface area contributed by atoms with E-state index in [0.29, 0.717) is 33.9 Å². The zero-order valence-corrected chi connectivity index (χ0v) is 20.4. The van der Waals surface area contributed by atoms with Crippen molar-refractivity contribution in [2.75, 3.05) is 21.3 Å². The summed E-state index contributed by atoms with van der Waals surface area (Å²) in [6.45, 7) is 0. The van der Waals surface area contributed by atoms with Gasteiger partial charge >= 0.3 is 0 Å². The van der Waals surface area contributed by atoms with Crippen LogP contribution in [-0.4, -0.2) is 23.6 Å². The maximum absolute atomic E-state index is 12.5. The van der Waals surface area contributed by atoms with Crippen molar-refractivity contribution in [2.45, 2.75) is 12.8 Å². The van der Waals surface area contributed by atoms with E-state index < -0.39 is 0 Å². The fourth-order valence-electron chi connectivity index (χ4n) is 3.60. The van der Waals surface area contributed by atoms with Crippen molar-refractivity contribution in [3.63, 3.8) is 0 Å². The maximum atomic E-state index is 12.5. The van der Waals surface area contributed by atoms with Crippen molar-refractivity contribution >= 4 is 46.4 Å². The average Bonchev–Trinajstić information content (AvgIpc) is 2.93. The van der Waals surface area contributed by atoms with Gasteiger partial charge < -0.3 is 21.3 Å². The molecule has 0 unspecified atom stereocenters. The molecule has 0 aliphatic heterocycles. The van der Waals surface area contributed by atoms with Crippen LogP contribution in [0.4, 0.5) is 22.7 Å². The lowest BCUT2D eigenvalue weighted by atomic mass is 10.1. The van der Waals surface area contributed by atoms with Gasteiger partial charge in [-0.3, -0.25) is 19.2 Å². The SMILES string of the molecule is O=C(CCC(=O)Nc1cccc(C(=O)Nc2ccccc2)c1)Nc1cccc(C(=O)Nc2ccccc2)c1. The predicted molar refractivity (Wildman–Crippen MR) is 148 cm³/mol. The second-order valence-corrected chi connectivity index (χ2v) is 8.40. The van der Waals surface area contributed by atoms with Crippen molar-refractivity contribution in [3.05, 3.63) is 120 Å². The second-order valence-electron chi connectivity index (χ2n) is 8.40. The summed E-state index contributed by atoms with van der Waals surface area (Å²) in [5.74, 6) is -1.33. The first-order valence-electron chi connectivity index (χ1n) is 12.0. The third kappa shape index (κ3) is 7.63. The summed E-state index contributed by atoms with van der Waals surface area (Å²) in [7, 11) is 0. The van der Waals surface area contributed by atoms with Crippen molar-refractivity contribution in [2.24, 2.45) is 0 Å². The molecule has 0 radical (unpaired) electrons. The Hall–Kier alpha value is -5.24. The van der Waals surface area contributed by atoms with Crippen molar-refractivity contribution in [3.8, 4) is 0 Å². The normalized spacial score (nSPS) is 10.2. The molecule has 0 bridgehead atoms. The van der Waals surface area contributed by atoms with Gasteiger partial charge in [-0.15, -0.1) is 0 Å². The van der Waals surface area contributed by atoms with Gasteiger partial charge in [0.1, 0.15) is 0 Å². The molecule has 4 rings (SSSR count). The number of benzene rings is 4. The summed E-state index contributed by atoms with van der Waals surface area (Å²) < 4.78 is 0. The molecule has 0 saturated heterocycles. The molecule has 4 amide bonds. The van der Waals surface area contributed by atoms with Crippen molar-refractivity contribution < 1.29 is 19.2 Å². The molecule has 0 aliphatic carbocycles. The Morgan fingerprint density at radius 3 is 1.18 bits per heavy atom. The molecular weight excluding hydrogens is 480 g/mol. The standard InChI is InChI=1S/C30H26N4O4/c35-27(31-25-15-7-9-21(19-25)29(37)33-23-11-3-1-4-12-23)17-18-28(36)32-26-16-8-10-22(20-26)30(38)34-24-13-5-2-6-14-24/h1-16,19-20H,17-18H2,(H,31,35)(H,32,36)(H,33,37)(H,34,38). The summed E-state index contributed by atoms with van der Waals surface area (Å²) in [6, 6.07) is 31.2. The summed E-state index contributed by atoms with van der Waals surface area (Å²) >= 11 is 0. The first kappa shape index (κ1) is 25.8. The maximum Gasteiger partial charge on any atom is 0.255 e. The van der Waals surface area contributed by atoms with Crippen LogP contribution in [0.25, 0.3) is 0 Å². The van der Waals surface area contributed by atoms with E-state index in [1.54, 1.807) is 72.8 Å². The van der Waals surface area contributed by atoms with Crippen LogP contribution in [0.1, 0.15) is 33.6 Å². The van der Waals surface area contributed by atoms with Crippen molar-refractivity contribution in [1.82, 2.24) is 0 Å². The van der Waals surface area contributed by atoms with E-state index in [0.717, 1.165) is 0 Å². The van der Waals surface area contributed by atoms with E-state index in [2.05, 4.69) is 21.3 Å². The lowest BCUT2D eigenvalue weighted by molar-refractivity contribution is -0.121. The van der Waals surface area contributed by atoms with Gasteiger partial charge in [-0.2, -0.15) is 0 Å². The molecule has 4 N–H and O–H groups in total. The van der Waals surface area contributed by atoms with Gasteiger partial charge in [-0.1, -0.05) is 48.5 Å². The lowest BCUT2D eigenvalue weighted by Crippen LogP contribution is -2.18. The van der Waals surface area contributed by atoms with Gasteiger partial charge in [0, 0.05) is 46.7 Å². The van der Waals surface area contributed by atoms with Crippen LogP contribution in [0.2, 0.25) is 0 Å². The first-order chi connectivity index (χ1) is 18.5. The average molecular weight is 507 g/mol. The minimum Gasteiger partial charge on any atom is -0.326 e. The number of hydrogen-bond donors (Lipinski definition) is 4. The van der Waals surface area contributed by atoms with E-state index in [4.69, 9.17) is 0 Å². The number of carbonyl (C=O) groups is 4. The number of anilines is 4. The largest absolute Gasteiger partial charge is 0.326 e. The third-order valence-corrected chi connectivity index (χ3v) is 5.46. The highest BCUT2D eigenvalue weighted by molar-refractivity contribution is 6.06. The van der Waals surface area contributed by atoms with Gasteiger partial charge in [-0.25, -0.2) is 0 Å². The Morgan fingerprint density at radius 2 is 0.789 bits per heavy atom. The molecule has 0 atom stereocenters. The van der Waals surface area contributed by atoms with Gasteiger partial charge in [0.2, 0.25) is 11.8 Å². The van der Waals surface area contributed by atoms with Crippen LogP contribution < -0.4 is 21.3 Å². The molecule has 0 heterocycles. The molecular formula is C30H26N4O4. The molecule has 4 aromatic carbocycles. The molecule has 0 spiro atoms. The van der Waals surface area contributed by atoms with E-state index in [-0.39, 0.29) is 36.5 Å². The Labute approximate surface area is 220 Å². The van der Waals surface area contributed by atoms with Crippen LogP contribution in [0.5, 0.6) is 0 Å². The van der Waals surface area contributed by atoms with Crippen LogP contribution in [-0.2, 0) is 9.59 Å². The topological polar surface area (TPSA) is 116 Å². The quantitative estimate of drug-likeness (QED) is 0.238. The molecule has 38 heavy (non-hydrogen) atoms. The number of hydrogen-bond acceptors (Lipinski definition) is 4. The molecule has 0 fully saturated rings. The van der Waals surface area contributed by atoms with E-state index in [9.17, 15) is 19.2 Å². The number of carbonyl (C=O) groups excluding carboxylic acids is 4. The third-order valence-electron chi connectivity index (χ3n) is 5.46. The van der Waals surface area contributed by atoms with Gasteiger partial charge in [0.05, 0.1) is 0 Å². The van der Waals surface area contributed by atoms with E-state index in [1.807, 2.05) is 36.4 Å². The number of rotatable bonds is 9. The summed E-state index contributed by atoms with van der Waals surface area (Å²) in [4.78, 5) is 49.8. The predicted octanol–water partition coefficient (Wildman–Crippen LogP) is 5.55. The lowest BCUT2D eigenvalue weighted by Gasteiger charge is -2.10. The van der Waals surface area contributed by atoms with Crippen LogP contribution in [0, 0.1) is 0 Å². The second kappa shape index (κ2) is 12.6. The molecule has 0 aliphatic rings. The summed E-state index contributed by atoms with van der Waals surface area (Å²) in [6.07, 6.45) is -0.110. The highest BCUT2D eigenvalue weighted by Crippen LogP contribution is 2.16. The minimum atomic E-state index is -0.364. The number of para-hydroxylation sites is 2. The Balaban J connectivity index is 1.26. The Kier molecular flexibility index (Phi) is 8.60. The molecule has 4 aromatic rings.